The van der Waals surface area contributed by atoms with E-state index in [1.807, 2.05) is 13.0 Å². The van der Waals surface area contributed by atoms with Gasteiger partial charge in [-0.1, -0.05) is 131 Å². The minimum atomic E-state index is -0.0817. The first-order chi connectivity index (χ1) is 19.3. The van der Waals surface area contributed by atoms with Gasteiger partial charge in [0, 0.05) is 6.42 Å². The Kier molecular flexibility index (Phi) is 20.3. The molecule has 0 saturated heterocycles. The Hall–Kier alpha value is -2.09. The largest absolute Gasteiger partial charge is 0.461 e. The Labute approximate surface area is 248 Å². The molecule has 0 aliphatic heterocycles. The summed E-state index contributed by atoms with van der Waals surface area (Å²) in [5.41, 5.74) is 5.64. The van der Waals surface area contributed by atoms with Crippen molar-refractivity contribution in [3.8, 4) is 0 Å². The number of carbonyl (C=O) groups excluding carboxylic acids is 1. The third-order valence-corrected chi connectivity index (χ3v) is 8.07. The first-order valence-corrected chi connectivity index (χ1v) is 16.5. The molecular weight excluding hydrogens is 488 g/mol. The summed E-state index contributed by atoms with van der Waals surface area (Å²) in [6, 6.07) is 0. The summed E-state index contributed by atoms with van der Waals surface area (Å²) in [5.74, 6) is -0.0817. The number of esters is 1. The van der Waals surface area contributed by atoms with E-state index in [1.165, 1.54) is 107 Å². The highest BCUT2D eigenvalue weighted by Gasteiger charge is 2.26. The van der Waals surface area contributed by atoms with Gasteiger partial charge in [-0.2, -0.15) is 0 Å². The zero-order chi connectivity index (χ0) is 29.5. The zero-order valence-electron chi connectivity index (χ0n) is 27.2. The minimum absolute atomic E-state index is 0.0817. The van der Waals surface area contributed by atoms with Crippen molar-refractivity contribution >= 4 is 5.97 Å². The number of hydrogen-bond donors (Lipinski definition) is 0. The van der Waals surface area contributed by atoms with E-state index in [2.05, 4.69) is 77.2 Å². The van der Waals surface area contributed by atoms with Crippen molar-refractivity contribution in [1.29, 1.82) is 0 Å². The first-order valence-electron chi connectivity index (χ1n) is 16.5. The Morgan fingerprint density at radius 2 is 1.48 bits per heavy atom. The van der Waals surface area contributed by atoms with E-state index < -0.39 is 0 Å². The van der Waals surface area contributed by atoms with Crippen LogP contribution in [0.4, 0.5) is 0 Å². The second-order valence-corrected chi connectivity index (χ2v) is 12.5. The highest BCUT2D eigenvalue weighted by atomic mass is 16.5. The lowest BCUT2D eigenvalue weighted by Gasteiger charge is -2.32. The molecule has 0 heterocycles. The number of rotatable bonds is 21. The predicted octanol–water partition coefficient (Wildman–Crippen LogP) is 12.1. The highest BCUT2D eigenvalue weighted by molar-refractivity contribution is 5.69. The van der Waals surface area contributed by atoms with Gasteiger partial charge in [0.25, 0.3) is 0 Å². The fourth-order valence-electron chi connectivity index (χ4n) is 5.38. The third kappa shape index (κ3) is 18.3. The van der Waals surface area contributed by atoms with Gasteiger partial charge in [0.2, 0.25) is 0 Å². The molecule has 0 bridgehead atoms. The normalized spacial score (nSPS) is 16.6. The molecule has 0 aromatic rings. The van der Waals surface area contributed by atoms with Crippen molar-refractivity contribution in [3.05, 3.63) is 70.9 Å². The summed E-state index contributed by atoms with van der Waals surface area (Å²) >= 11 is 0. The Morgan fingerprint density at radius 3 is 2.12 bits per heavy atom. The molecule has 0 atom stereocenters. The molecule has 1 aliphatic rings. The van der Waals surface area contributed by atoms with Gasteiger partial charge < -0.3 is 4.74 Å². The lowest BCUT2D eigenvalue weighted by atomic mass is 9.72. The van der Waals surface area contributed by atoms with Gasteiger partial charge >= 0.3 is 5.97 Å². The quantitative estimate of drug-likeness (QED) is 0.0615. The Morgan fingerprint density at radius 1 is 0.850 bits per heavy atom. The van der Waals surface area contributed by atoms with E-state index in [4.69, 9.17) is 4.74 Å². The fraction of sp³-hybridized carbons (Fsp3) is 0.658. The molecule has 2 nitrogen and oxygen atoms in total. The standard InChI is InChI=1S/C38H62O2/c1-7-8-9-10-11-12-13-14-15-16-17-18-19-20-21-27-37(39)40-32-30-34(3)25-22-24-33(2)28-29-36-35(4)26-23-31-38(36,5)6/h14-15,22,24-25,28-30H,7-13,16-21,23,26-27,31-32H2,1-6H3/b15-14-,25-22?,29-28?,33-24?,34-30?. The zero-order valence-corrected chi connectivity index (χ0v) is 27.2. The second kappa shape index (κ2) is 22.6. The van der Waals surface area contributed by atoms with Crippen LogP contribution in [0.25, 0.3) is 0 Å². The summed E-state index contributed by atoms with van der Waals surface area (Å²) in [4.78, 5) is 12.0. The van der Waals surface area contributed by atoms with Crippen LogP contribution in [0, 0.1) is 5.41 Å². The number of hydrogen-bond acceptors (Lipinski definition) is 2. The number of ether oxygens (including phenoxy) is 1. The van der Waals surface area contributed by atoms with Gasteiger partial charge in [0.15, 0.2) is 0 Å². The molecule has 0 radical (unpaired) electrons. The van der Waals surface area contributed by atoms with Crippen molar-refractivity contribution in [2.75, 3.05) is 6.61 Å². The van der Waals surface area contributed by atoms with Gasteiger partial charge in [-0.15, -0.1) is 0 Å². The summed E-state index contributed by atoms with van der Waals surface area (Å²) in [5, 5.41) is 0. The molecule has 0 amide bonds. The molecule has 1 rings (SSSR count). The molecule has 0 aromatic carbocycles. The predicted molar refractivity (Wildman–Crippen MR) is 177 cm³/mol. The maximum absolute atomic E-state index is 12.0. The molecule has 0 spiro atoms. The molecule has 0 aromatic heterocycles. The lowest BCUT2D eigenvalue weighted by molar-refractivity contribution is -0.142. The SMILES string of the molecule is CCCCCCCC/C=C\CCCCCCCC(=O)OCC=C(C)C=CC=C(C)C=CC1=C(C)CCCC1(C)C. The van der Waals surface area contributed by atoms with E-state index in [0.717, 1.165) is 18.4 Å². The second-order valence-electron chi connectivity index (χ2n) is 12.5. The lowest BCUT2D eigenvalue weighted by Crippen LogP contribution is -2.19. The third-order valence-electron chi connectivity index (χ3n) is 8.07. The molecule has 0 unspecified atom stereocenters. The molecule has 2 heteroatoms. The van der Waals surface area contributed by atoms with Gasteiger partial charge in [-0.3, -0.25) is 4.79 Å². The van der Waals surface area contributed by atoms with Crippen LogP contribution in [-0.4, -0.2) is 12.6 Å². The molecule has 0 N–H and O–H groups in total. The monoisotopic (exact) mass is 550 g/mol. The van der Waals surface area contributed by atoms with Gasteiger partial charge in [-0.05, 0) is 89.2 Å². The van der Waals surface area contributed by atoms with E-state index in [9.17, 15) is 4.79 Å². The van der Waals surface area contributed by atoms with Crippen molar-refractivity contribution in [1.82, 2.24) is 0 Å². The highest BCUT2D eigenvalue weighted by Crippen LogP contribution is 2.40. The van der Waals surface area contributed by atoms with Crippen LogP contribution in [0.1, 0.15) is 151 Å². The Bertz CT molecular complexity index is 875. The van der Waals surface area contributed by atoms with Crippen LogP contribution >= 0.6 is 0 Å². The van der Waals surface area contributed by atoms with Gasteiger partial charge in [0.05, 0.1) is 0 Å². The van der Waals surface area contributed by atoms with Gasteiger partial charge in [-0.25, -0.2) is 0 Å². The topological polar surface area (TPSA) is 26.3 Å². The Balaban J connectivity index is 2.11. The molecule has 1 aliphatic carbocycles. The van der Waals surface area contributed by atoms with E-state index >= 15 is 0 Å². The van der Waals surface area contributed by atoms with Crippen LogP contribution in [-0.2, 0) is 9.53 Å². The average Bonchev–Trinajstić information content (AvgIpc) is 2.90. The van der Waals surface area contributed by atoms with Crippen molar-refractivity contribution < 1.29 is 9.53 Å². The molecule has 0 fully saturated rings. The number of allylic oxidation sites excluding steroid dienone is 11. The number of carbonyl (C=O) groups is 1. The maximum atomic E-state index is 12.0. The molecule has 40 heavy (non-hydrogen) atoms. The van der Waals surface area contributed by atoms with Crippen LogP contribution < -0.4 is 0 Å². The van der Waals surface area contributed by atoms with Crippen molar-refractivity contribution in [2.24, 2.45) is 5.41 Å². The fourth-order valence-corrected chi connectivity index (χ4v) is 5.38. The molecular formula is C38H62O2. The summed E-state index contributed by atoms with van der Waals surface area (Å²) in [7, 11) is 0. The van der Waals surface area contributed by atoms with Crippen molar-refractivity contribution in [2.45, 2.75) is 151 Å². The minimum Gasteiger partial charge on any atom is -0.461 e. The van der Waals surface area contributed by atoms with Gasteiger partial charge in [0.1, 0.15) is 6.61 Å². The van der Waals surface area contributed by atoms with Crippen LogP contribution in [0.3, 0.4) is 0 Å². The first kappa shape index (κ1) is 35.9. The summed E-state index contributed by atoms with van der Waals surface area (Å²) in [6.07, 6.45) is 38.3. The molecule has 0 saturated carbocycles. The smallest absolute Gasteiger partial charge is 0.306 e. The van der Waals surface area contributed by atoms with Crippen LogP contribution in [0.2, 0.25) is 0 Å². The van der Waals surface area contributed by atoms with E-state index in [1.54, 1.807) is 0 Å². The summed E-state index contributed by atoms with van der Waals surface area (Å²) in [6.45, 7) is 13.8. The van der Waals surface area contributed by atoms with Crippen LogP contribution in [0.15, 0.2) is 70.9 Å². The average molecular weight is 551 g/mol. The van der Waals surface area contributed by atoms with Crippen molar-refractivity contribution in [3.63, 3.8) is 0 Å². The number of unbranched alkanes of at least 4 members (excludes halogenated alkanes) is 11. The summed E-state index contributed by atoms with van der Waals surface area (Å²) < 4.78 is 5.40. The maximum Gasteiger partial charge on any atom is 0.306 e. The van der Waals surface area contributed by atoms with E-state index in [-0.39, 0.29) is 11.4 Å². The van der Waals surface area contributed by atoms with E-state index in [0.29, 0.717) is 13.0 Å². The molecule has 226 valence electrons. The van der Waals surface area contributed by atoms with Crippen LogP contribution in [0.5, 0.6) is 0 Å².